The predicted molar refractivity (Wildman–Crippen MR) is 46.2 cm³/mol. The molecule has 0 bridgehead atoms. The molecule has 10 heavy (non-hydrogen) atoms. The van der Waals surface area contributed by atoms with Gasteiger partial charge in [-0.25, -0.2) is 0 Å². The molecule has 2 N–H and O–H groups in total. The van der Waals surface area contributed by atoms with Crippen molar-refractivity contribution < 1.29 is 0 Å². The van der Waals surface area contributed by atoms with Gasteiger partial charge in [-0.3, -0.25) is 0 Å². The lowest BCUT2D eigenvalue weighted by Gasteiger charge is -2.05. The van der Waals surface area contributed by atoms with Crippen LogP contribution in [-0.4, -0.2) is 0 Å². The standard InChI is InChI=1S/C8H13NS/c1-2-4-7(9)8-5-3-6-10-8/h3,5-7H,2,4,9H2,1H3. The molecule has 1 heterocycles. The highest BCUT2D eigenvalue weighted by atomic mass is 32.1. The highest BCUT2D eigenvalue weighted by molar-refractivity contribution is 7.10. The number of hydrogen-bond donors (Lipinski definition) is 1. The minimum absolute atomic E-state index is 0.269. The fourth-order valence-corrected chi connectivity index (χ4v) is 1.72. The molecule has 1 nitrogen and oxygen atoms in total. The molecule has 0 saturated heterocycles. The molecular weight excluding hydrogens is 142 g/mol. The van der Waals surface area contributed by atoms with Crippen LogP contribution in [0.15, 0.2) is 17.5 Å². The van der Waals surface area contributed by atoms with Gasteiger partial charge in [0.05, 0.1) is 0 Å². The molecule has 0 aliphatic rings. The van der Waals surface area contributed by atoms with E-state index in [2.05, 4.69) is 24.4 Å². The van der Waals surface area contributed by atoms with Crippen LogP contribution in [-0.2, 0) is 0 Å². The van der Waals surface area contributed by atoms with Gasteiger partial charge in [0.15, 0.2) is 0 Å². The molecule has 0 fully saturated rings. The number of nitrogens with two attached hydrogens (primary N) is 1. The van der Waals surface area contributed by atoms with E-state index in [0.29, 0.717) is 0 Å². The van der Waals surface area contributed by atoms with Crippen molar-refractivity contribution >= 4 is 11.3 Å². The average Bonchev–Trinajstić information content (AvgIpc) is 2.38. The molecule has 1 aromatic heterocycles. The molecule has 0 amide bonds. The van der Waals surface area contributed by atoms with Gasteiger partial charge in [-0.2, -0.15) is 0 Å². The molecule has 0 aliphatic heterocycles. The summed E-state index contributed by atoms with van der Waals surface area (Å²) in [6, 6.07) is 4.42. The van der Waals surface area contributed by atoms with Crippen molar-refractivity contribution in [3.63, 3.8) is 0 Å². The maximum Gasteiger partial charge on any atom is 0.0389 e. The number of rotatable bonds is 3. The molecule has 0 aliphatic carbocycles. The summed E-state index contributed by atoms with van der Waals surface area (Å²) < 4.78 is 0. The first-order valence-electron chi connectivity index (χ1n) is 3.63. The summed E-state index contributed by atoms with van der Waals surface area (Å²) in [5.41, 5.74) is 5.86. The Morgan fingerprint density at radius 3 is 3.00 bits per heavy atom. The fraction of sp³-hybridized carbons (Fsp3) is 0.500. The average molecular weight is 155 g/mol. The van der Waals surface area contributed by atoms with E-state index in [4.69, 9.17) is 5.73 Å². The third kappa shape index (κ3) is 1.82. The lowest BCUT2D eigenvalue weighted by atomic mass is 10.1. The van der Waals surface area contributed by atoms with Crippen LogP contribution in [0.5, 0.6) is 0 Å². The van der Waals surface area contributed by atoms with Crippen LogP contribution in [0, 0.1) is 0 Å². The van der Waals surface area contributed by atoms with E-state index < -0.39 is 0 Å². The lowest BCUT2D eigenvalue weighted by Crippen LogP contribution is -2.07. The molecule has 0 spiro atoms. The molecule has 1 aromatic rings. The second-order valence-corrected chi connectivity index (χ2v) is 3.39. The number of thiophene rings is 1. The van der Waals surface area contributed by atoms with Crippen LogP contribution in [0.1, 0.15) is 30.7 Å². The van der Waals surface area contributed by atoms with Crippen LogP contribution in [0.4, 0.5) is 0 Å². The SMILES string of the molecule is CCCC(N)c1cccs1. The number of hydrogen-bond acceptors (Lipinski definition) is 2. The van der Waals surface area contributed by atoms with Gasteiger partial charge in [0.1, 0.15) is 0 Å². The van der Waals surface area contributed by atoms with Gasteiger partial charge in [-0.05, 0) is 17.9 Å². The molecular formula is C8H13NS. The maximum atomic E-state index is 5.86. The zero-order chi connectivity index (χ0) is 7.40. The summed E-state index contributed by atoms with van der Waals surface area (Å²) in [5.74, 6) is 0. The highest BCUT2D eigenvalue weighted by Crippen LogP contribution is 2.19. The third-order valence-corrected chi connectivity index (χ3v) is 2.51. The maximum absolute atomic E-state index is 5.86. The van der Waals surface area contributed by atoms with Gasteiger partial charge in [0.2, 0.25) is 0 Å². The van der Waals surface area contributed by atoms with E-state index in [9.17, 15) is 0 Å². The minimum Gasteiger partial charge on any atom is -0.323 e. The van der Waals surface area contributed by atoms with Gasteiger partial charge < -0.3 is 5.73 Å². The van der Waals surface area contributed by atoms with E-state index >= 15 is 0 Å². The smallest absolute Gasteiger partial charge is 0.0389 e. The van der Waals surface area contributed by atoms with Crippen molar-refractivity contribution in [2.45, 2.75) is 25.8 Å². The Kier molecular flexibility index (Phi) is 2.90. The Labute approximate surface area is 65.9 Å². The Morgan fingerprint density at radius 2 is 2.50 bits per heavy atom. The monoisotopic (exact) mass is 155 g/mol. The predicted octanol–water partition coefficient (Wildman–Crippen LogP) is 2.55. The van der Waals surface area contributed by atoms with Gasteiger partial charge >= 0.3 is 0 Å². The molecule has 1 unspecified atom stereocenters. The van der Waals surface area contributed by atoms with Gasteiger partial charge in [0, 0.05) is 10.9 Å². The van der Waals surface area contributed by atoms with Gasteiger partial charge in [-0.15, -0.1) is 11.3 Å². The second-order valence-electron chi connectivity index (χ2n) is 2.41. The van der Waals surface area contributed by atoms with Crippen LogP contribution in [0.2, 0.25) is 0 Å². The zero-order valence-electron chi connectivity index (χ0n) is 6.21. The molecule has 1 atom stereocenters. The summed E-state index contributed by atoms with van der Waals surface area (Å²) in [6.45, 7) is 2.16. The van der Waals surface area contributed by atoms with E-state index in [-0.39, 0.29) is 6.04 Å². The van der Waals surface area contributed by atoms with Crippen molar-refractivity contribution in [1.29, 1.82) is 0 Å². The topological polar surface area (TPSA) is 26.0 Å². The largest absolute Gasteiger partial charge is 0.323 e. The minimum atomic E-state index is 0.269. The Morgan fingerprint density at radius 1 is 1.70 bits per heavy atom. The van der Waals surface area contributed by atoms with Crippen molar-refractivity contribution in [2.75, 3.05) is 0 Å². The first-order valence-corrected chi connectivity index (χ1v) is 4.51. The lowest BCUT2D eigenvalue weighted by molar-refractivity contribution is 0.648. The Hall–Kier alpha value is -0.340. The summed E-state index contributed by atoms with van der Waals surface area (Å²) in [4.78, 5) is 1.31. The summed E-state index contributed by atoms with van der Waals surface area (Å²) >= 11 is 1.75. The van der Waals surface area contributed by atoms with E-state index in [1.807, 2.05) is 0 Å². The fourth-order valence-electron chi connectivity index (χ4n) is 0.956. The summed E-state index contributed by atoms with van der Waals surface area (Å²) in [5, 5.41) is 2.07. The molecule has 1 rings (SSSR count). The van der Waals surface area contributed by atoms with Crippen molar-refractivity contribution in [3.05, 3.63) is 22.4 Å². The first-order chi connectivity index (χ1) is 4.84. The summed E-state index contributed by atoms with van der Waals surface area (Å²) in [6.07, 6.45) is 2.26. The van der Waals surface area contributed by atoms with Crippen LogP contribution in [0.3, 0.4) is 0 Å². The molecule has 2 heteroatoms. The first kappa shape index (κ1) is 7.76. The van der Waals surface area contributed by atoms with E-state index in [1.165, 1.54) is 11.3 Å². The molecule has 0 radical (unpaired) electrons. The third-order valence-electron chi connectivity index (χ3n) is 1.51. The van der Waals surface area contributed by atoms with Gasteiger partial charge in [-0.1, -0.05) is 19.4 Å². The Bertz CT molecular complexity index is 169. The van der Waals surface area contributed by atoms with E-state index in [1.54, 1.807) is 11.3 Å². The van der Waals surface area contributed by atoms with Crippen molar-refractivity contribution in [3.8, 4) is 0 Å². The van der Waals surface area contributed by atoms with Gasteiger partial charge in [0.25, 0.3) is 0 Å². The Balaban J connectivity index is 2.50. The van der Waals surface area contributed by atoms with E-state index in [0.717, 1.165) is 6.42 Å². The molecule has 56 valence electrons. The van der Waals surface area contributed by atoms with Crippen LogP contribution >= 0.6 is 11.3 Å². The normalized spacial score (nSPS) is 13.4. The summed E-state index contributed by atoms with van der Waals surface area (Å²) in [7, 11) is 0. The quantitative estimate of drug-likeness (QED) is 0.713. The van der Waals surface area contributed by atoms with Crippen LogP contribution in [0.25, 0.3) is 0 Å². The highest BCUT2D eigenvalue weighted by Gasteiger charge is 2.03. The van der Waals surface area contributed by atoms with Crippen LogP contribution < -0.4 is 5.73 Å². The van der Waals surface area contributed by atoms with Crippen molar-refractivity contribution in [2.24, 2.45) is 5.73 Å². The molecule has 0 saturated carbocycles. The molecule has 0 aromatic carbocycles. The second kappa shape index (κ2) is 3.74. The zero-order valence-corrected chi connectivity index (χ0v) is 7.03. The van der Waals surface area contributed by atoms with Crippen molar-refractivity contribution in [1.82, 2.24) is 0 Å².